The zero-order chi connectivity index (χ0) is 24.5. The molecule has 0 saturated carbocycles. The van der Waals surface area contributed by atoms with Gasteiger partial charge in [-0.05, 0) is 48.9 Å². The van der Waals surface area contributed by atoms with Crippen LogP contribution in [0.2, 0.25) is 0 Å². The van der Waals surface area contributed by atoms with Crippen molar-refractivity contribution in [2.45, 2.75) is 6.92 Å². The molecule has 1 aromatic carbocycles. The fourth-order valence-electron chi connectivity index (χ4n) is 4.49. The van der Waals surface area contributed by atoms with E-state index in [4.69, 9.17) is 4.74 Å². The number of hydrogen-bond donors (Lipinski definition) is 2. The number of rotatable bonds is 4. The first-order chi connectivity index (χ1) is 17.7. The molecule has 5 heterocycles. The van der Waals surface area contributed by atoms with Crippen LogP contribution in [0, 0.1) is 6.92 Å². The van der Waals surface area contributed by atoms with Crippen LogP contribution in [-0.4, -0.2) is 61.8 Å². The molecule has 0 spiro atoms. The number of benzene rings is 1. The topological polar surface area (TPSA) is 100 Å². The van der Waals surface area contributed by atoms with Gasteiger partial charge in [-0.3, -0.25) is 14.5 Å². The highest BCUT2D eigenvalue weighted by atomic mass is 16.5. The van der Waals surface area contributed by atoms with Crippen LogP contribution in [0.1, 0.15) is 5.56 Å². The summed E-state index contributed by atoms with van der Waals surface area (Å²) in [4.78, 5) is 23.4. The molecule has 0 atom stereocenters. The number of ether oxygens (including phenoxy) is 1. The second kappa shape index (κ2) is 9.27. The van der Waals surface area contributed by atoms with E-state index in [0.717, 1.165) is 50.7 Å². The molecule has 1 saturated heterocycles. The Bertz CT molecular complexity index is 1530. The lowest BCUT2D eigenvalue weighted by atomic mass is 10.0. The smallest absolute Gasteiger partial charge is 0.322 e. The monoisotopic (exact) mass is 479 g/mol. The first-order valence-corrected chi connectivity index (χ1v) is 11.8. The minimum Gasteiger partial charge on any atom is -0.378 e. The maximum atomic E-state index is 12.6. The van der Waals surface area contributed by atoms with Gasteiger partial charge in [-0.25, -0.2) is 9.78 Å². The van der Waals surface area contributed by atoms with Gasteiger partial charge in [0, 0.05) is 47.9 Å². The molecular formula is C27H25N7O2. The minimum absolute atomic E-state index is 0.103. The normalized spacial score (nSPS) is 13.8. The van der Waals surface area contributed by atoms with Gasteiger partial charge in [0.1, 0.15) is 5.65 Å². The van der Waals surface area contributed by atoms with E-state index in [0.29, 0.717) is 26.3 Å². The Balaban J connectivity index is 1.30. The van der Waals surface area contributed by atoms with E-state index in [1.165, 1.54) is 0 Å². The number of anilines is 1. The van der Waals surface area contributed by atoms with E-state index >= 15 is 0 Å². The summed E-state index contributed by atoms with van der Waals surface area (Å²) in [5.41, 5.74) is 8.26. The molecule has 2 N–H and O–H groups in total. The van der Waals surface area contributed by atoms with Gasteiger partial charge in [0.2, 0.25) is 0 Å². The Morgan fingerprint density at radius 1 is 1.03 bits per heavy atom. The van der Waals surface area contributed by atoms with Crippen molar-refractivity contribution in [3.8, 4) is 33.8 Å². The van der Waals surface area contributed by atoms with Gasteiger partial charge >= 0.3 is 6.03 Å². The average molecular weight is 480 g/mol. The van der Waals surface area contributed by atoms with E-state index in [1.807, 2.05) is 66.2 Å². The Labute approximate surface area is 207 Å². The quantitative estimate of drug-likeness (QED) is 0.392. The molecule has 0 radical (unpaired) electrons. The number of carbonyl (C=O) groups excluding carboxylic acids is 1. The van der Waals surface area contributed by atoms with Crippen LogP contribution in [-0.2, 0) is 4.74 Å². The molecule has 0 bridgehead atoms. The Morgan fingerprint density at radius 2 is 1.89 bits per heavy atom. The summed E-state index contributed by atoms with van der Waals surface area (Å²) in [6.45, 7) is 4.34. The molecule has 36 heavy (non-hydrogen) atoms. The number of aromatic amines is 1. The lowest BCUT2D eigenvalue weighted by Gasteiger charge is -2.27. The van der Waals surface area contributed by atoms with Gasteiger partial charge < -0.3 is 15.0 Å². The highest BCUT2D eigenvalue weighted by Crippen LogP contribution is 2.33. The molecule has 0 aliphatic carbocycles. The predicted molar refractivity (Wildman–Crippen MR) is 138 cm³/mol. The third kappa shape index (κ3) is 4.09. The van der Waals surface area contributed by atoms with Gasteiger partial charge in [0.05, 0.1) is 42.7 Å². The lowest BCUT2D eigenvalue weighted by molar-refractivity contribution is 0.0564. The number of urea groups is 1. The number of aryl methyl sites for hydroxylation is 1. The first kappa shape index (κ1) is 22.0. The third-order valence-corrected chi connectivity index (χ3v) is 6.44. The van der Waals surface area contributed by atoms with Crippen molar-refractivity contribution in [1.29, 1.82) is 0 Å². The highest BCUT2D eigenvalue weighted by molar-refractivity contribution is 5.91. The second-order valence-electron chi connectivity index (χ2n) is 8.72. The fourth-order valence-corrected chi connectivity index (χ4v) is 4.49. The SMILES string of the molecule is Cc1cc(-c2[nH]ncc2-c2ccc3ncc(-c4ccccn4)n3c2)ccc1NC(=O)N1CCOCC1. The largest absolute Gasteiger partial charge is 0.378 e. The summed E-state index contributed by atoms with van der Waals surface area (Å²) >= 11 is 0. The van der Waals surface area contributed by atoms with E-state index in [-0.39, 0.29) is 6.03 Å². The van der Waals surface area contributed by atoms with Crippen molar-refractivity contribution >= 4 is 17.4 Å². The molecular weight excluding hydrogens is 454 g/mol. The van der Waals surface area contributed by atoms with Crippen LogP contribution < -0.4 is 5.32 Å². The van der Waals surface area contributed by atoms with Crippen LogP contribution in [0.5, 0.6) is 0 Å². The van der Waals surface area contributed by atoms with E-state index in [1.54, 1.807) is 11.1 Å². The number of carbonyl (C=O) groups is 1. The number of fused-ring (bicyclic) bond motifs is 1. The predicted octanol–water partition coefficient (Wildman–Crippen LogP) is 4.63. The van der Waals surface area contributed by atoms with Crippen molar-refractivity contribution < 1.29 is 9.53 Å². The number of imidazole rings is 1. The molecule has 4 aromatic heterocycles. The zero-order valence-corrected chi connectivity index (χ0v) is 19.8. The minimum atomic E-state index is -0.103. The first-order valence-electron chi connectivity index (χ1n) is 11.8. The van der Waals surface area contributed by atoms with Crippen LogP contribution in [0.3, 0.4) is 0 Å². The van der Waals surface area contributed by atoms with Crippen molar-refractivity contribution in [2.75, 3.05) is 31.6 Å². The van der Waals surface area contributed by atoms with Crippen LogP contribution in [0.4, 0.5) is 10.5 Å². The number of pyridine rings is 2. The number of morpholine rings is 1. The molecule has 6 rings (SSSR count). The van der Waals surface area contributed by atoms with Gasteiger partial charge in [0.15, 0.2) is 0 Å². The van der Waals surface area contributed by atoms with Gasteiger partial charge in [0.25, 0.3) is 0 Å². The zero-order valence-electron chi connectivity index (χ0n) is 19.8. The molecule has 180 valence electrons. The number of nitrogens with zero attached hydrogens (tertiary/aromatic N) is 5. The molecule has 9 nitrogen and oxygen atoms in total. The number of amides is 2. The summed E-state index contributed by atoms with van der Waals surface area (Å²) in [6.07, 6.45) is 7.51. The Kier molecular flexibility index (Phi) is 5.67. The summed E-state index contributed by atoms with van der Waals surface area (Å²) in [6, 6.07) is 15.8. The standard InChI is InChI=1S/C27H25N7O2/c1-18-14-19(5-7-22(18)31-27(35)33-10-12-36-13-11-33)26-21(15-30-32-26)20-6-8-25-29-16-24(34(25)17-20)23-4-2-3-9-28-23/h2-9,14-17H,10-13H2,1H3,(H,30,32)(H,31,35). The summed E-state index contributed by atoms with van der Waals surface area (Å²) < 4.78 is 7.38. The number of H-pyrrole nitrogens is 1. The third-order valence-electron chi connectivity index (χ3n) is 6.44. The lowest BCUT2D eigenvalue weighted by Crippen LogP contribution is -2.43. The number of aromatic nitrogens is 5. The van der Waals surface area contributed by atoms with Crippen LogP contribution in [0.25, 0.3) is 39.4 Å². The molecule has 2 amide bonds. The molecule has 5 aromatic rings. The van der Waals surface area contributed by atoms with Gasteiger partial charge in [-0.2, -0.15) is 5.10 Å². The Hall–Kier alpha value is -4.50. The molecule has 9 heteroatoms. The maximum absolute atomic E-state index is 12.6. The van der Waals surface area contributed by atoms with Gasteiger partial charge in [-0.1, -0.05) is 12.1 Å². The Morgan fingerprint density at radius 3 is 2.69 bits per heavy atom. The van der Waals surface area contributed by atoms with Crippen molar-refractivity contribution in [3.05, 3.63) is 78.9 Å². The number of hydrogen-bond acceptors (Lipinski definition) is 5. The van der Waals surface area contributed by atoms with Crippen molar-refractivity contribution in [2.24, 2.45) is 0 Å². The average Bonchev–Trinajstić information content (AvgIpc) is 3.58. The summed E-state index contributed by atoms with van der Waals surface area (Å²) in [7, 11) is 0. The van der Waals surface area contributed by atoms with E-state index < -0.39 is 0 Å². The molecule has 1 aliphatic heterocycles. The summed E-state index contributed by atoms with van der Waals surface area (Å²) in [5, 5.41) is 10.5. The van der Waals surface area contributed by atoms with E-state index in [9.17, 15) is 4.79 Å². The van der Waals surface area contributed by atoms with Gasteiger partial charge in [-0.15, -0.1) is 0 Å². The van der Waals surface area contributed by atoms with Crippen molar-refractivity contribution in [3.63, 3.8) is 0 Å². The van der Waals surface area contributed by atoms with E-state index in [2.05, 4.69) is 37.7 Å². The second-order valence-corrected chi connectivity index (χ2v) is 8.72. The summed E-state index contributed by atoms with van der Waals surface area (Å²) in [5.74, 6) is 0. The van der Waals surface area contributed by atoms with Crippen LogP contribution in [0.15, 0.2) is 73.3 Å². The maximum Gasteiger partial charge on any atom is 0.322 e. The molecule has 1 aliphatic rings. The highest BCUT2D eigenvalue weighted by Gasteiger charge is 2.18. The van der Waals surface area contributed by atoms with Crippen LogP contribution >= 0.6 is 0 Å². The fraction of sp³-hybridized carbons (Fsp3) is 0.185. The molecule has 0 unspecified atom stereocenters. The molecule has 1 fully saturated rings. The van der Waals surface area contributed by atoms with Crippen molar-refractivity contribution in [1.82, 2.24) is 29.5 Å². The number of nitrogens with one attached hydrogen (secondary N) is 2.